The van der Waals surface area contributed by atoms with Gasteiger partial charge in [-0.05, 0) is 18.6 Å². The topological polar surface area (TPSA) is 53.4 Å². The van der Waals surface area contributed by atoms with Gasteiger partial charge in [-0.2, -0.15) is 0 Å². The number of carboxylic acids is 1. The standard InChI is InChI=1S/C15H16N2O2/c1-11-3-5-12(6-4-11)10-17(2)14-7-8-16-9-13(14)15(18)19/h3-9H,10H2,1-2H3,(H,18,19). The number of hydrogen-bond donors (Lipinski definition) is 1. The SMILES string of the molecule is Cc1ccc(CN(C)c2ccncc2C(=O)O)cc1. The molecule has 1 N–H and O–H groups in total. The molecular formula is C15H16N2O2. The Morgan fingerprint density at radius 1 is 1.26 bits per heavy atom. The molecule has 1 aromatic heterocycles. The molecule has 2 rings (SSSR count). The lowest BCUT2D eigenvalue weighted by Crippen LogP contribution is -2.19. The molecule has 19 heavy (non-hydrogen) atoms. The van der Waals surface area contributed by atoms with Gasteiger partial charge in [0.1, 0.15) is 5.56 Å². The van der Waals surface area contributed by atoms with Crippen LogP contribution in [0, 0.1) is 6.92 Å². The second-order valence-corrected chi connectivity index (χ2v) is 4.54. The highest BCUT2D eigenvalue weighted by atomic mass is 16.4. The third kappa shape index (κ3) is 3.10. The Kier molecular flexibility index (Phi) is 3.80. The zero-order valence-electron chi connectivity index (χ0n) is 11.0. The molecular weight excluding hydrogens is 240 g/mol. The highest BCUT2D eigenvalue weighted by Crippen LogP contribution is 2.20. The third-order valence-electron chi connectivity index (χ3n) is 2.98. The Balaban J connectivity index is 2.22. The first-order valence-electron chi connectivity index (χ1n) is 6.02. The smallest absolute Gasteiger partial charge is 0.339 e. The van der Waals surface area contributed by atoms with E-state index < -0.39 is 5.97 Å². The molecule has 0 unspecified atom stereocenters. The maximum Gasteiger partial charge on any atom is 0.339 e. The van der Waals surface area contributed by atoms with E-state index in [4.69, 9.17) is 5.11 Å². The summed E-state index contributed by atoms with van der Waals surface area (Å²) in [6, 6.07) is 9.92. The molecule has 0 aliphatic rings. The van der Waals surface area contributed by atoms with Gasteiger partial charge < -0.3 is 10.0 Å². The number of nitrogens with zero attached hydrogens (tertiary/aromatic N) is 2. The Hall–Kier alpha value is -2.36. The normalized spacial score (nSPS) is 10.2. The molecule has 0 aliphatic carbocycles. The maximum absolute atomic E-state index is 11.2. The molecule has 0 saturated carbocycles. The van der Waals surface area contributed by atoms with Gasteiger partial charge in [0.2, 0.25) is 0 Å². The van der Waals surface area contributed by atoms with E-state index in [-0.39, 0.29) is 5.56 Å². The number of hydrogen-bond acceptors (Lipinski definition) is 3. The van der Waals surface area contributed by atoms with E-state index in [1.165, 1.54) is 11.8 Å². The lowest BCUT2D eigenvalue weighted by Gasteiger charge is -2.21. The zero-order valence-corrected chi connectivity index (χ0v) is 11.0. The van der Waals surface area contributed by atoms with Crippen molar-refractivity contribution >= 4 is 11.7 Å². The van der Waals surface area contributed by atoms with Crippen LogP contribution in [0.3, 0.4) is 0 Å². The number of benzene rings is 1. The van der Waals surface area contributed by atoms with Crippen LogP contribution in [0.4, 0.5) is 5.69 Å². The number of carboxylic acid groups (broad SMARTS) is 1. The van der Waals surface area contributed by atoms with Gasteiger partial charge in [0.15, 0.2) is 0 Å². The largest absolute Gasteiger partial charge is 0.478 e. The summed E-state index contributed by atoms with van der Waals surface area (Å²) in [5.74, 6) is -0.959. The van der Waals surface area contributed by atoms with Crippen LogP contribution in [0.25, 0.3) is 0 Å². The van der Waals surface area contributed by atoms with Crippen molar-refractivity contribution in [3.63, 3.8) is 0 Å². The molecule has 2 aromatic rings. The van der Waals surface area contributed by atoms with Crippen LogP contribution in [0.2, 0.25) is 0 Å². The van der Waals surface area contributed by atoms with E-state index in [9.17, 15) is 4.79 Å². The monoisotopic (exact) mass is 256 g/mol. The summed E-state index contributed by atoms with van der Waals surface area (Å²) < 4.78 is 0. The number of carbonyl (C=O) groups is 1. The summed E-state index contributed by atoms with van der Waals surface area (Å²) in [6.45, 7) is 2.70. The quantitative estimate of drug-likeness (QED) is 0.913. The molecule has 0 amide bonds. The fourth-order valence-electron chi connectivity index (χ4n) is 1.94. The minimum Gasteiger partial charge on any atom is -0.478 e. The van der Waals surface area contributed by atoms with Crippen LogP contribution < -0.4 is 4.90 Å². The average Bonchev–Trinajstić information content (AvgIpc) is 2.41. The fourth-order valence-corrected chi connectivity index (χ4v) is 1.94. The number of anilines is 1. The summed E-state index contributed by atoms with van der Waals surface area (Å²) in [4.78, 5) is 16.9. The maximum atomic E-state index is 11.2. The van der Waals surface area contributed by atoms with Crippen molar-refractivity contribution in [2.45, 2.75) is 13.5 Å². The number of aromatic carboxylic acids is 1. The van der Waals surface area contributed by atoms with Crippen LogP contribution in [-0.2, 0) is 6.54 Å². The molecule has 4 nitrogen and oxygen atoms in total. The van der Waals surface area contributed by atoms with Crippen molar-refractivity contribution in [1.29, 1.82) is 0 Å². The Bertz CT molecular complexity index is 579. The molecule has 0 radical (unpaired) electrons. The zero-order chi connectivity index (χ0) is 13.8. The van der Waals surface area contributed by atoms with Gasteiger partial charge in [0.05, 0.1) is 5.69 Å². The Labute approximate surface area is 112 Å². The van der Waals surface area contributed by atoms with Crippen LogP contribution in [0.15, 0.2) is 42.7 Å². The number of rotatable bonds is 4. The first kappa shape index (κ1) is 13.1. The van der Waals surface area contributed by atoms with Gasteiger partial charge in [0.25, 0.3) is 0 Å². The fraction of sp³-hybridized carbons (Fsp3) is 0.200. The Morgan fingerprint density at radius 3 is 2.58 bits per heavy atom. The minimum absolute atomic E-state index is 0.220. The van der Waals surface area contributed by atoms with Crippen LogP contribution in [-0.4, -0.2) is 23.1 Å². The molecule has 0 spiro atoms. The minimum atomic E-state index is -0.959. The molecule has 1 aromatic carbocycles. The third-order valence-corrected chi connectivity index (χ3v) is 2.98. The Morgan fingerprint density at radius 2 is 1.95 bits per heavy atom. The molecule has 0 fully saturated rings. The molecule has 0 saturated heterocycles. The van der Waals surface area contributed by atoms with E-state index >= 15 is 0 Å². The van der Waals surface area contributed by atoms with Gasteiger partial charge >= 0.3 is 5.97 Å². The lowest BCUT2D eigenvalue weighted by molar-refractivity contribution is 0.0697. The summed E-state index contributed by atoms with van der Waals surface area (Å²) in [7, 11) is 1.88. The summed E-state index contributed by atoms with van der Waals surface area (Å²) in [5.41, 5.74) is 3.24. The second kappa shape index (κ2) is 5.52. The van der Waals surface area contributed by atoms with Crippen molar-refractivity contribution in [3.8, 4) is 0 Å². The van der Waals surface area contributed by atoms with E-state index in [1.54, 1.807) is 12.3 Å². The van der Waals surface area contributed by atoms with E-state index in [0.29, 0.717) is 12.2 Å². The van der Waals surface area contributed by atoms with Gasteiger partial charge in [-0.25, -0.2) is 4.79 Å². The second-order valence-electron chi connectivity index (χ2n) is 4.54. The highest BCUT2D eigenvalue weighted by Gasteiger charge is 2.13. The van der Waals surface area contributed by atoms with Crippen molar-refractivity contribution in [3.05, 3.63) is 59.4 Å². The van der Waals surface area contributed by atoms with Crippen molar-refractivity contribution in [2.24, 2.45) is 0 Å². The predicted molar refractivity (Wildman–Crippen MR) is 74.5 cm³/mol. The molecule has 0 aliphatic heterocycles. The van der Waals surface area contributed by atoms with E-state index in [2.05, 4.69) is 4.98 Å². The number of aryl methyl sites for hydroxylation is 1. The van der Waals surface area contributed by atoms with Gasteiger partial charge in [-0.15, -0.1) is 0 Å². The molecule has 1 heterocycles. The predicted octanol–water partition coefficient (Wildman–Crippen LogP) is 2.72. The van der Waals surface area contributed by atoms with E-state index in [0.717, 1.165) is 5.56 Å². The molecule has 98 valence electrons. The van der Waals surface area contributed by atoms with E-state index in [1.807, 2.05) is 43.1 Å². The highest BCUT2D eigenvalue weighted by molar-refractivity contribution is 5.93. The van der Waals surface area contributed by atoms with Crippen molar-refractivity contribution in [1.82, 2.24) is 4.98 Å². The lowest BCUT2D eigenvalue weighted by atomic mass is 10.1. The first-order valence-corrected chi connectivity index (χ1v) is 6.02. The van der Waals surface area contributed by atoms with Gasteiger partial charge in [-0.3, -0.25) is 4.98 Å². The van der Waals surface area contributed by atoms with Crippen LogP contribution in [0.1, 0.15) is 21.5 Å². The van der Waals surface area contributed by atoms with Gasteiger partial charge in [-0.1, -0.05) is 29.8 Å². The number of aromatic nitrogens is 1. The van der Waals surface area contributed by atoms with Crippen molar-refractivity contribution in [2.75, 3.05) is 11.9 Å². The summed E-state index contributed by atoms with van der Waals surface area (Å²) >= 11 is 0. The van der Waals surface area contributed by atoms with Gasteiger partial charge in [0, 0.05) is 26.0 Å². The van der Waals surface area contributed by atoms with Crippen LogP contribution in [0.5, 0.6) is 0 Å². The molecule has 4 heteroatoms. The summed E-state index contributed by atoms with van der Waals surface area (Å²) in [6.07, 6.45) is 2.98. The molecule has 0 bridgehead atoms. The first-order chi connectivity index (χ1) is 9.08. The summed E-state index contributed by atoms with van der Waals surface area (Å²) in [5, 5.41) is 9.15. The van der Waals surface area contributed by atoms with Crippen molar-refractivity contribution < 1.29 is 9.90 Å². The average molecular weight is 256 g/mol. The van der Waals surface area contributed by atoms with Crippen LogP contribution >= 0.6 is 0 Å². The number of pyridine rings is 1. The molecule has 0 atom stereocenters.